The minimum atomic E-state index is 0.375. The first-order chi connectivity index (χ1) is 12.8. The van der Waals surface area contributed by atoms with Crippen LogP contribution in [0.4, 0.5) is 0 Å². The minimum absolute atomic E-state index is 0.375. The van der Waals surface area contributed by atoms with Crippen LogP contribution >= 0.6 is 0 Å². The summed E-state index contributed by atoms with van der Waals surface area (Å²) in [7, 11) is 0. The van der Waals surface area contributed by atoms with E-state index in [-0.39, 0.29) is 0 Å². The molecule has 0 aliphatic carbocycles. The lowest BCUT2D eigenvalue weighted by Crippen LogP contribution is -2.38. The number of piperidine rings is 2. The van der Waals surface area contributed by atoms with Gasteiger partial charge in [-0.05, 0) is 73.4 Å². The highest BCUT2D eigenvalue weighted by Crippen LogP contribution is 2.33. The number of fused-ring (bicyclic) bond motifs is 1. The molecule has 2 saturated heterocycles. The lowest BCUT2D eigenvalue weighted by atomic mass is 9.86. The van der Waals surface area contributed by atoms with Gasteiger partial charge in [0.15, 0.2) is 0 Å². The van der Waals surface area contributed by atoms with Gasteiger partial charge in [-0.25, -0.2) is 0 Å². The Kier molecular flexibility index (Phi) is 5.54. The maximum atomic E-state index is 12.6. The lowest BCUT2D eigenvalue weighted by molar-refractivity contribution is -0.132. The van der Waals surface area contributed by atoms with E-state index >= 15 is 0 Å². The summed E-state index contributed by atoms with van der Waals surface area (Å²) < 4.78 is 0. The first-order valence-electron chi connectivity index (χ1n) is 10.3. The number of amides is 1. The molecule has 0 bridgehead atoms. The molecule has 0 aromatic heterocycles. The van der Waals surface area contributed by atoms with Gasteiger partial charge in [-0.15, -0.1) is 0 Å². The summed E-state index contributed by atoms with van der Waals surface area (Å²) in [6.07, 6.45) is 6.46. The fourth-order valence-corrected chi connectivity index (χ4v) is 4.70. The van der Waals surface area contributed by atoms with Crippen LogP contribution in [0.1, 0.15) is 50.0 Å². The monoisotopic (exact) mass is 350 g/mol. The van der Waals surface area contributed by atoms with E-state index in [9.17, 15) is 4.79 Å². The molecule has 1 amide bonds. The van der Waals surface area contributed by atoms with Gasteiger partial charge in [-0.1, -0.05) is 42.5 Å². The summed E-state index contributed by atoms with van der Waals surface area (Å²) in [5.41, 5.74) is 1.46. The molecule has 1 N–H and O–H groups in total. The maximum absolute atomic E-state index is 12.6. The normalized spacial score (nSPS) is 19.8. The van der Waals surface area contributed by atoms with E-state index in [1.807, 2.05) is 0 Å². The number of nitrogens with one attached hydrogen (secondary N) is 1. The molecule has 0 atom stereocenters. The molecule has 0 spiro atoms. The van der Waals surface area contributed by atoms with Crippen LogP contribution in [-0.2, 0) is 4.79 Å². The summed E-state index contributed by atoms with van der Waals surface area (Å²) in [5, 5.41) is 6.11. The molecule has 3 heteroatoms. The van der Waals surface area contributed by atoms with Gasteiger partial charge in [-0.3, -0.25) is 4.79 Å². The standard InChI is InChI=1S/C23H30N2O/c26-23(9-8-18-10-14-24-15-11-18)25-16-12-20(13-17-25)22-7-3-5-19-4-1-2-6-21(19)22/h1-7,18,20,24H,8-17H2. The molecule has 2 fully saturated rings. The molecule has 26 heavy (non-hydrogen) atoms. The highest BCUT2D eigenvalue weighted by Gasteiger charge is 2.25. The van der Waals surface area contributed by atoms with Crippen LogP contribution < -0.4 is 5.32 Å². The molecule has 2 aromatic rings. The van der Waals surface area contributed by atoms with Crippen molar-refractivity contribution >= 4 is 16.7 Å². The van der Waals surface area contributed by atoms with E-state index in [4.69, 9.17) is 0 Å². The van der Waals surface area contributed by atoms with Gasteiger partial charge in [0.1, 0.15) is 0 Å². The molecular weight excluding hydrogens is 320 g/mol. The minimum Gasteiger partial charge on any atom is -0.343 e. The zero-order chi connectivity index (χ0) is 17.8. The fourth-order valence-electron chi connectivity index (χ4n) is 4.70. The molecule has 2 aliphatic heterocycles. The van der Waals surface area contributed by atoms with Crippen molar-refractivity contribution in [1.82, 2.24) is 10.2 Å². The van der Waals surface area contributed by atoms with Crippen molar-refractivity contribution in [3.63, 3.8) is 0 Å². The number of hydrogen-bond acceptors (Lipinski definition) is 2. The van der Waals surface area contributed by atoms with Crippen LogP contribution in [0.5, 0.6) is 0 Å². The highest BCUT2D eigenvalue weighted by molar-refractivity contribution is 5.86. The van der Waals surface area contributed by atoms with Crippen molar-refractivity contribution < 1.29 is 4.79 Å². The van der Waals surface area contributed by atoms with Crippen LogP contribution in [0.25, 0.3) is 10.8 Å². The van der Waals surface area contributed by atoms with Gasteiger partial charge in [0.25, 0.3) is 0 Å². The Morgan fingerprint density at radius 2 is 1.69 bits per heavy atom. The summed E-state index contributed by atoms with van der Waals surface area (Å²) in [6, 6.07) is 15.3. The van der Waals surface area contributed by atoms with E-state index in [1.54, 1.807) is 0 Å². The van der Waals surface area contributed by atoms with Crippen molar-refractivity contribution in [2.75, 3.05) is 26.2 Å². The van der Waals surface area contributed by atoms with Gasteiger partial charge in [0, 0.05) is 19.5 Å². The molecule has 3 nitrogen and oxygen atoms in total. The summed E-state index contributed by atoms with van der Waals surface area (Å²) in [4.78, 5) is 14.7. The summed E-state index contributed by atoms with van der Waals surface area (Å²) in [5.74, 6) is 1.70. The predicted molar refractivity (Wildman–Crippen MR) is 107 cm³/mol. The molecular formula is C23H30N2O. The van der Waals surface area contributed by atoms with E-state index in [1.165, 1.54) is 29.2 Å². The molecule has 4 rings (SSSR count). The van der Waals surface area contributed by atoms with Crippen molar-refractivity contribution in [2.45, 2.75) is 44.4 Å². The number of nitrogens with zero attached hydrogens (tertiary/aromatic N) is 1. The van der Waals surface area contributed by atoms with Crippen molar-refractivity contribution in [1.29, 1.82) is 0 Å². The van der Waals surface area contributed by atoms with E-state index in [0.717, 1.165) is 57.8 Å². The predicted octanol–water partition coefficient (Wildman–Crippen LogP) is 4.33. The van der Waals surface area contributed by atoms with Gasteiger partial charge >= 0.3 is 0 Å². The van der Waals surface area contributed by atoms with Crippen LogP contribution in [0, 0.1) is 5.92 Å². The largest absolute Gasteiger partial charge is 0.343 e. The number of carbonyl (C=O) groups excluding carboxylic acids is 1. The SMILES string of the molecule is O=C(CCC1CCNCC1)N1CCC(c2cccc3ccccc23)CC1. The molecule has 0 unspecified atom stereocenters. The molecule has 138 valence electrons. The molecule has 2 heterocycles. The molecule has 2 aromatic carbocycles. The van der Waals surface area contributed by atoms with Crippen LogP contribution in [-0.4, -0.2) is 37.0 Å². The van der Waals surface area contributed by atoms with E-state index in [0.29, 0.717) is 11.8 Å². The third-order valence-electron chi connectivity index (χ3n) is 6.34. The topological polar surface area (TPSA) is 32.3 Å². The first kappa shape index (κ1) is 17.5. The number of likely N-dealkylation sites (tertiary alicyclic amines) is 1. The second-order valence-corrected chi connectivity index (χ2v) is 7.96. The van der Waals surface area contributed by atoms with Crippen LogP contribution in [0.15, 0.2) is 42.5 Å². The van der Waals surface area contributed by atoms with E-state index in [2.05, 4.69) is 52.7 Å². The Balaban J connectivity index is 1.32. The quantitative estimate of drug-likeness (QED) is 0.890. The Morgan fingerprint density at radius 3 is 2.50 bits per heavy atom. The summed E-state index contributed by atoms with van der Waals surface area (Å²) in [6.45, 7) is 4.07. The Bertz CT molecular complexity index is 737. The van der Waals surface area contributed by atoms with Crippen LogP contribution in [0.2, 0.25) is 0 Å². The third kappa shape index (κ3) is 3.93. The van der Waals surface area contributed by atoms with Crippen LogP contribution in [0.3, 0.4) is 0 Å². The molecule has 2 aliphatic rings. The summed E-state index contributed by atoms with van der Waals surface area (Å²) >= 11 is 0. The Morgan fingerprint density at radius 1 is 0.962 bits per heavy atom. The zero-order valence-corrected chi connectivity index (χ0v) is 15.6. The second kappa shape index (κ2) is 8.22. The smallest absolute Gasteiger partial charge is 0.222 e. The Labute approximate surface area is 156 Å². The maximum Gasteiger partial charge on any atom is 0.222 e. The molecule has 0 radical (unpaired) electrons. The van der Waals surface area contributed by atoms with Gasteiger partial charge in [0.05, 0.1) is 0 Å². The fraction of sp³-hybridized carbons (Fsp3) is 0.522. The number of hydrogen-bond donors (Lipinski definition) is 1. The van der Waals surface area contributed by atoms with Crippen molar-refractivity contribution in [3.8, 4) is 0 Å². The number of rotatable bonds is 4. The van der Waals surface area contributed by atoms with Crippen molar-refractivity contribution in [3.05, 3.63) is 48.0 Å². The highest BCUT2D eigenvalue weighted by atomic mass is 16.2. The third-order valence-corrected chi connectivity index (χ3v) is 6.34. The van der Waals surface area contributed by atoms with Gasteiger partial charge in [0.2, 0.25) is 5.91 Å². The Hall–Kier alpha value is -1.87. The average Bonchev–Trinajstić information content (AvgIpc) is 2.72. The van der Waals surface area contributed by atoms with E-state index < -0.39 is 0 Å². The zero-order valence-electron chi connectivity index (χ0n) is 15.6. The van der Waals surface area contributed by atoms with Crippen molar-refractivity contribution in [2.24, 2.45) is 5.92 Å². The second-order valence-electron chi connectivity index (χ2n) is 7.96. The lowest BCUT2D eigenvalue weighted by Gasteiger charge is -2.33. The number of benzene rings is 2. The molecule has 0 saturated carbocycles. The van der Waals surface area contributed by atoms with Gasteiger partial charge in [-0.2, -0.15) is 0 Å². The number of carbonyl (C=O) groups is 1. The average molecular weight is 351 g/mol. The van der Waals surface area contributed by atoms with Gasteiger partial charge < -0.3 is 10.2 Å². The first-order valence-corrected chi connectivity index (χ1v) is 10.3.